The van der Waals surface area contributed by atoms with E-state index in [2.05, 4.69) is 5.32 Å². The summed E-state index contributed by atoms with van der Waals surface area (Å²) in [4.78, 5) is 0.589. The molecule has 1 aliphatic carbocycles. The maximum absolute atomic E-state index is 12.1. The molecule has 2 rings (SSSR count). The van der Waals surface area contributed by atoms with Crippen molar-refractivity contribution in [2.24, 2.45) is 5.73 Å². The molecular weight excluding hydrogens is 230 g/mol. The van der Waals surface area contributed by atoms with Crippen molar-refractivity contribution in [1.29, 1.82) is 0 Å². The van der Waals surface area contributed by atoms with Crippen molar-refractivity contribution in [3.8, 4) is 0 Å². The fraction of sp³-hybridized carbons (Fsp3) is 0.455. The molecule has 2 nitrogen and oxygen atoms in total. The molecule has 0 saturated heterocycles. The second-order valence-corrected chi connectivity index (χ2v) is 5.04. The van der Waals surface area contributed by atoms with Crippen LogP contribution in [0.25, 0.3) is 0 Å². The lowest BCUT2D eigenvalue weighted by molar-refractivity contribution is 0.252. The first-order chi connectivity index (χ1) is 7.63. The highest BCUT2D eigenvalue weighted by molar-refractivity contribution is 7.99. The molecule has 0 bridgehead atoms. The molecule has 3 N–H and O–H groups in total. The summed E-state index contributed by atoms with van der Waals surface area (Å²) in [5.41, 5.74) is 6.64. The van der Waals surface area contributed by atoms with E-state index in [1.54, 1.807) is 12.1 Å². The van der Waals surface area contributed by atoms with Crippen LogP contribution in [0.4, 0.5) is 14.5 Å². The van der Waals surface area contributed by atoms with Gasteiger partial charge >= 0.3 is 0 Å². The van der Waals surface area contributed by atoms with Crippen molar-refractivity contribution in [1.82, 2.24) is 0 Å². The van der Waals surface area contributed by atoms with E-state index in [-0.39, 0.29) is 0 Å². The standard InChI is InChI=1S/C11H14F2N2S/c12-11(13)16-10-3-1-8(2-4-10)15-9-5-7(14)6-9/h1-4,7,9,11,15H,5-6,14H2. The van der Waals surface area contributed by atoms with Gasteiger partial charge in [0.05, 0.1) is 0 Å². The predicted octanol–water partition coefficient (Wildman–Crippen LogP) is 2.90. The molecule has 1 aromatic rings. The molecule has 1 aliphatic rings. The highest BCUT2D eigenvalue weighted by atomic mass is 32.2. The van der Waals surface area contributed by atoms with Crippen LogP contribution in [0, 0.1) is 0 Å². The maximum atomic E-state index is 12.1. The third-order valence-corrected chi connectivity index (χ3v) is 3.35. The van der Waals surface area contributed by atoms with Crippen LogP contribution in [0.1, 0.15) is 12.8 Å². The summed E-state index contributed by atoms with van der Waals surface area (Å²) in [7, 11) is 0. The molecule has 88 valence electrons. The van der Waals surface area contributed by atoms with Crippen LogP contribution < -0.4 is 11.1 Å². The molecule has 0 amide bonds. The number of anilines is 1. The van der Waals surface area contributed by atoms with E-state index in [1.807, 2.05) is 12.1 Å². The third-order valence-electron chi connectivity index (χ3n) is 2.62. The van der Waals surface area contributed by atoms with Crippen molar-refractivity contribution < 1.29 is 8.78 Å². The second kappa shape index (κ2) is 5.01. The lowest BCUT2D eigenvalue weighted by Gasteiger charge is -2.33. The van der Waals surface area contributed by atoms with Gasteiger partial charge in [0, 0.05) is 22.7 Å². The van der Waals surface area contributed by atoms with Crippen molar-refractivity contribution >= 4 is 17.4 Å². The quantitative estimate of drug-likeness (QED) is 0.800. The Labute approximate surface area is 97.6 Å². The van der Waals surface area contributed by atoms with Gasteiger partial charge in [-0.2, -0.15) is 8.78 Å². The summed E-state index contributed by atoms with van der Waals surface area (Å²) in [6.07, 6.45) is 1.96. The number of halogens is 2. The predicted molar refractivity (Wildman–Crippen MR) is 62.9 cm³/mol. The largest absolute Gasteiger partial charge is 0.382 e. The minimum atomic E-state index is -2.36. The molecule has 0 unspecified atom stereocenters. The van der Waals surface area contributed by atoms with Gasteiger partial charge in [-0.3, -0.25) is 0 Å². The first-order valence-electron chi connectivity index (χ1n) is 5.20. The van der Waals surface area contributed by atoms with Gasteiger partial charge < -0.3 is 11.1 Å². The molecule has 1 fully saturated rings. The Hall–Kier alpha value is -0.810. The zero-order valence-electron chi connectivity index (χ0n) is 8.70. The average molecular weight is 244 g/mol. The van der Waals surface area contributed by atoms with Crippen molar-refractivity contribution in [2.45, 2.75) is 35.6 Å². The van der Waals surface area contributed by atoms with Gasteiger partial charge in [-0.25, -0.2) is 0 Å². The molecule has 5 heteroatoms. The average Bonchev–Trinajstić information content (AvgIpc) is 2.18. The van der Waals surface area contributed by atoms with E-state index in [4.69, 9.17) is 5.73 Å². The number of hydrogen-bond donors (Lipinski definition) is 2. The molecule has 0 spiro atoms. The number of benzene rings is 1. The minimum Gasteiger partial charge on any atom is -0.382 e. The Morgan fingerprint density at radius 2 is 1.88 bits per heavy atom. The highest BCUT2D eigenvalue weighted by Gasteiger charge is 2.25. The van der Waals surface area contributed by atoms with Crippen molar-refractivity contribution in [3.63, 3.8) is 0 Å². The Morgan fingerprint density at radius 3 is 2.38 bits per heavy atom. The van der Waals surface area contributed by atoms with Crippen LogP contribution >= 0.6 is 11.8 Å². The fourth-order valence-electron chi connectivity index (χ4n) is 1.75. The van der Waals surface area contributed by atoms with Gasteiger partial charge in [-0.1, -0.05) is 11.8 Å². The molecule has 0 heterocycles. The number of thioether (sulfide) groups is 1. The number of hydrogen-bond acceptors (Lipinski definition) is 3. The number of rotatable bonds is 4. The molecule has 0 aromatic heterocycles. The van der Waals surface area contributed by atoms with Crippen LogP contribution in [-0.4, -0.2) is 17.8 Å². The van der Waals surface area contributed by atoms with Gasteiger partial charge in [0.25, 0.3) is 5.76 Å². The summed E-state index contributed by atoms with van der Waals surface area (Å²) < 4.78 is 24.1. The molecular formula is C11H14F2N2S. The Morgan fingerprint density at radius 1 is 1.25 bits per heavy atom. The first kappa shape index (κ1) is 11.7. The zero-order chi connectivity index (χ0) is 11.5. The molecule has 0 atom stereocenters. The summed E-state index contributed by atoms with van der Waals surface area (Å²) in [5.74, 6) is -2.36. The first-order valence-corrected chi connectivity index (χ1v) is 6.08. The van der Waals surface area contributed by atoms with Crippen LogP contribution in [0.3, 0.4) is 0 Å². The maximum Gasteiger partial charge on any atom is 0.288 e. The SMILES string of the molecule is NC1CC(Nc2ccc(SC(F)F)cc2)C1. The number of nitrogens with one attached hydrogen (secondary N) is 1. The van der Waals surface area contributed by atoms with Crippen LogP contribution in [0.5, 0.6) is 0 Å². The molecule has 1 saturated carbocycles. The van der Waals surface area contributed by atoms with Gasteiger partial charge in [-0.05, 0) is 37.1 Å². The van der Waals surface area contributed by atoms with Crippen LogP contribution in [0.2, 0.25) is 0 Å². The smallest absolute Gasteiger partial charge is 0.288 e. The lowest BCUT2D eigenvalue weighted by atomic mass is 9.87. The van der Waals surface area contributed by atoms with E-state index in [0.29, 0.717) is 28.7 Å². The zero-order valence-corrected chi connectivity index (χ0v) is 9.51. The third kappa shape index (κ3) is 3.09. The molecule has 0 aliphatic heterocycles. The molecule has 1 aromatic carbocycles. The van der Waals surface area contributed by atoms with E-state index < -0.39 is 5.76 Å². The Kier molecular flexibility index (Phi) is 3.66. The lowest BCUT2D eigenvalue weighted by Crippen LogP contribution is -2.44. The van der Waals surface area contributed by atoms with Crippen molar-refractivity contribution in [3.05, 3.63) is 24.3 Å². The summed E-state index contributed by atoms with van der Waals surface area (Å²) in [6, 6.07) is 7.81. The van der Waals surface area contributed by atoms with Gasteiger partial charge in [0.15, 0.2) is 0 Å². The van der Waals surface area contributed by atoms with E-state index >= 15 is 0 Å². The minimum absolute atomic E-state index is 0.311. The van der Waals surface area contributed by atoms with E-state index in [0.717, 1.165) is 18.5 Å². The summed E-state index contributed by atoms with van der Waals surface area (Å²) >= 11 is 0.565. The monoisotopic (exact) mass is 244 g/mol. The summed E-state index contributed by atoms with van der Waals surface area (Å²) in [5, 5.41) is 3.31. The molecule has 0 radical (unpaired) electrons. The van der Waals surface area contributed by atoms with Crippen LogP contribution in [-0.2, 0) is 0 Å². The van der Waals surface area contributed by atoms with E-state index in [9.17, 15) is 8.78 Å². The fourth-order valence-corrected chi connectivity index (χ4v) is 2.25. The number of alkyl halides is 2. The van der Waals surface area contributed by atoms with E-state index in [1.165, 1.54) is 0 Å². The van der Waals surface area contributed by atoms with Gasteiger partial charge in [0.2, 0.25) is 0 Å². The topological polar surface area (TPSA) is 38.0 Å². The summed E-state index contributed by atoms with van der Waals surface area (Å²) in [6.45, 7) is 0. The van der Waals surface area contributed by atoms with Gasteiger partial charge in [-0.15, -0.1) is 0 Å². The highest BCUT2D eigenvalue weighted by Crippen LogP contribution is 2.27. The Balaban J connectivity index is 1.87. The van der Waals surface area contributed by atoms with Gasteiger partial charge in [0.1, 0.15) is 0 Å². The number of nitrogens with two attached hydrogens (primary N) is 1. The van der Waals surface area contributed by atoms with Crippen LogP contribution in [0.15, 0.2) is 29.2 Å². The second-order valence-electron chi connectivity index (χ2n) is 3.98. The Bertz CT molecular complexity index is 336. The van der Waals surface area contributed by atoms with Crippen molar-refractivity contribution in [2.75, 3.05) is 5.32 Å². The molecule has 16 heavy (non-hydrogen) atoms. The normalized spacial score (nSPS) is 24.2.